The molecule has 0 amide bonds. The van der Waals surface area contributed by atoms with E-state index < -0.39 is 5.97 Å². The molecule has 0 bridgehead atoms. The minimum atomic E-state index is -0.698. The first kappa shape index (κ1) is 11.2. The van der Waals surface area contributed by atoms with E-state index in [1.165, 1.54) is 36.2 Å². The lowest BCUT2D eigenvalue weighted by Crippen LogP contribution is -2.10. The Bertz CT molecular complexity index is 358. The summed E-state index contributed by atoms with van der Waals surface area (Å²) in [6.45, 7) is 1.77. The van der Waals surface area contributed by atoms with Gasteiger partial charge < -0.3 is 10.1 Å². The number of rotatable bonds is 4. The van der Waals surface area contributed by atoms with Crippen LogP contribution in [0, 0.1) is 5.92 Å². The zero-order valence-electron chi connectivity index (χ0n) is 9.75. The predicted octanol–water partition coefficient (Wildman–Crippen LogP) is 2.55. The molecule has 0 radical (unpaired) electrons. The van der Waals surface area contributed by atoms with E-state index >= 15 is 0 Å². The second kappa shape index (κ2) is 4.73. The Morgan fingerprint density at radius 3 is 2.94 bits per heavy atom. The van der Waals surface area contributed by atoms with Crippen molar-refractivity contribution in [1.29, 1.82) is 0 Å². The number of nitrogens with one attached hydrogen (secondary N) is 1. The van der Waals surface area contributed by atoms with E-state index in [9.17, 15) is 4.79 Å². The zero-order chi connectivity index (χ0) is 11.5. The van der Waals surface area contributed by atoms with E-state index in [0.717, 1.165) is 12.8 Å². The molecule has 1 aromatic rings. The maximum Gasteiger partial charge on any atom is 0.306 e. The van der Waals surface area contributed by atoms with Crippen molar-refractivity contribution in [1.82, 2.24) is 4.98 Å². The Labute approximate surface area is 95.9 Å². The molecule has 1 atom stereocenters. The van der Waals surface area contributed by atoms with Gasteiger partial charge in [0.1, 0.15) is 0 Å². The van der Waals surface area contributed by atoms with Crippen molar-refractivity contribution < 1.29 is 9.90 Å². The van der Waals surface area contributed by atoms with Gasteiger partial charge in [-0.25, -0.2) is 0 Å². The third-order valence-electron chi connectivity index (χ3n) is 3.44. The first-order valence-corrected chi connectivity index (χ1v) is 6.09. The van der Waals surface area contributed by atoms with Crippen LogP contribution in [0.25, 0.3) is 0 Å². The Balaban J connectivity index is 1.95. The molecule has 0 aromatic carbocycles. The molecule has 1 heterocycles. The third kappa shape index (κ3) is 2.46. The summed E-state index contributed by atoms with van der Waals surface area (Å²) in [4.78, 5) is 14.1. The SMILES string of the molecule is CC(CCc1cc2c([nH]1)CCCC2)C(=O)O. The molecule has 0 saturated heterocycles. The summed E-state index contributed by atoms with van der Waals surface area (Å²) in [5.41, 5.74) is 4.04. The molecule has 1 aromatic heterocycles. The molecule has 1 aliphatic carbocycles. The Hall–Kier alpha value is -1.25. The van der Waals surface area contributed by atoms with Gasteiger partial charge in [0.05, 0.1) is 5.92 Å². The van der Waals surface area contributed by atoms with E-state index in [-0.39, 0.29) is 5.92 Å². The largest absolute Gasteiger partial charge is 0.481 e. The number of hydrogen-bond donors (Lipinski definition) is 2. The van der Waals surface area contributed by atoms with Crippen LogP contribution in [0.2, 0.25) is 0 Å². The highest BCUT2D eigenvalue weighted by Crippen LogP contribution is 2.22. The molecule has 3 heteroatoms. The highest BCUT2D eigenvalue weighted by molar-refractivity contribution is 5.69. The number of H-pyrrole nitrogens is 1. The van der Waals surface area contributed by atoms with Gasteiger partial charge in [-0.2, -0.15) is 0 Å². The predicted molar refractivity (Wildman–Crippen MR) is 62.6 cm³/mol. The normalized spacial score (nSPS) is 16.8. The summed E-state index contributed by atoms with van der Waals surface area (Å²) >= 11 is 0. The number of fused-ring (bicyclic) bond motifs is 1. The van der Waals surface area contributed by atoms with Crippen LogP contribution in [0.3, 0.4) is 0 Å². The number of carboxylic acids is 1. The lowest BCUT2D eigenvalue weighted by Gasteiger charge is -2.09. The van der Waals surface area contributed by atoms with Gasteiger partial charge in [0.25, 0.3) is 0 Å². The molecule has 16 heavy (non-hydrogen) atoms. The van der Waals surface area contributed by atoms with E-state index in [1.807, 2.05) is 0 Å². The highest BCUT2D eigenvalue weighted by Gasteiger charge is 2.14. The van der Waals surface area contributed by atoms with Crippen molar-refractivity contribution in [3.63, 3.8) is 0 Å². The smallest absolute Gasteiger partial charge is 0.306 e. The molecule has 1 aliphatic rings. The summed E-state index contributed by atoms with van der Waals surface area (Å²) in [6, 6.07) is 2.23. The van der Waals surface area contributed by atoms with Gasteiger partial charge in [-0.05, 0) is 50.2 Å². The number of carbonyl (C=O) groups is 1. The van der Waals surface area contributed by atoms with Gasteiger partial charge in [0.2, 0.25) is 0 Å². The first-order chi connectivity index (χ1) is 7.66. The van der Waals surface area contributed by atoms with Gasteiger partial charge in [-0.1, -0.05) is 6.92 Å². The molecule has 0 saturated carbocycles. The molecule has 3 nitrogen and oxygen atoms in total. The lowest BCUT2D eigenvalue weighted by atomic mass is 9.98. The molecule has 0 fully saturated rings. The number of aromatic nitrogens is 1. The Kier molecular flexibility index (Phi) is 3.32. The van der Waals surface area contributed by atoms with Gasteiger partial charge in [-0.15, -0.1) is 0 Å². The number of carboxylic acid groups (broad SMARTS) is 1. The minimum absolute atomic E-state index is 0.250. The highest BCUT2D eigenvalue weighted by atomic mass is 16.4. The van der Waals surface area contributed by atoms with Crippen LogP contribution in [0.4, 0.5) is 0 Å². The molecule has 2 N–H and O–H groups in total. The van der Waals surface area contributed by atoms with Gasteiger partial charge in [0, 0.05) is 11.4 Å². The molecule has 0 spiro atoms. The van der Waals surface area contributed by atoms with Crippen molar-refractivity contribution in [2.45, 2.75) is 45.4 Å². The summed E-state index contributed by atoms with van der Waals surface area (Å²) in [6.07, 6.45) is 6.47. The van der Waals surface area contributed by atoms with Crippen LogP contribution in [-0.4, -0.2) is 16.1 Å². The Morgan fingerprint density at radius 2 is 2.25 bits per heavy atom. The van der Waals surface area contributed by atoms with Crippen molar-refractivity contribution in [3.8, 4) is 0 Å². The second-order valence-corrected chi connectivity index (χ2v) is 4.78. The van der Waals surface area contributed by atoms with Crippen molar-refractivity contribution in [2.75, 3.05) is 0 Å². The van der Waals surface area contributed by atoms with Gasteiger partial charge in [0.15, 0.2) is 0 Å². The molecule has 0 aliphatic heterocycles. The van der Waals surface area contributed by atoms with E-state index in [1.54, 1.807) is 6.92 Å². The topological polar surface area (TPSA) is 53.1 Å². The van der Waals surface area contributed by atoms with Crippen molar-refractivity contribution in [3.05, 3.63) is 23.0 Å². The quantitative estimate of drug-likeness (QED) is 0.821. The van der Waals surface area contributed by atoms with Crippen molar-refractivity contribution in [2.24, 2.45) is 5.92 Å². The van der Waals surface area contributed by atoms with Gasteiger partial charge in [-0.3, -0.25) is 4.79 Å². The van der Waals surface area contributed by atoms with Crippen LogP contribution >= 0.6 is 0 Å². The molecule has 2 rings (SSSR count). The lowest BCUT2D eigenvalue weighted by molar-refractivity contribution is -0.141. The average molecular weight is 221 g/mol. The van der Waals surface area contributed by atoms with Crippen molar-refractivity contribution >= 4 is 5.97 Å². The molecular weight excluding hydrogens is 202 g/mol. The second-order valence-electron chi connectivity index (χ2n) is 4.78. The van der Waals surface area contributed by atoms with E-state index in [2.05, 4.69) is 11.1 Å². The van der Waals surface area contributed by atoms with Crippen LogP contribution < -0.4 is 0 Å². The zero-order valence-corrected chi connectivity index (χ0v) is 9.75. The van der Waals surface area contributed by atoms with E-state index in [4.69, 9.17) is 5.11 Å². The summed E-state index contributed by atoms with van der Waals surface area (Å²) in [7, 11) is 0. The number of aromatic amines is 1. The standard InChI is InChI=1S/C13H19NO2/c1-9(13(15)16)6-7-11-8-10-4-2-3-5-12(10)14-11/h8-9,14H,2-7H2,1H3,(H,15,16). The fourth-order valence-corrected chi connectivity index (χ4v) is 2.30. The summed E-state index contributed by atoms with van der Waals surface area (Å²) in [5, 5.41) is 8.81. The van der Waals surface area contributed by atoms with Crippen LogP contribution in [0.5, 0.6) is 0 Å². The monoisotopic (exact) mass is 221 g/mol. The number of aliphatic carboxylic acids is 1. The van der Waals surface area contributed by atoms with Crippen LogP contribution in [-0.2, 0) is 24.1 Å². The van der Waals surface area contributed by atoms with E-state index in [0.29, 0.717) is 6.42 Å². The minimum Gasteiger partial charge on any atom is -0.481 e. The fraction of sp³-hybridized carbons (Fsp3) is 0.615. The fourth-order valence-electron chi connectivity index (χ4n) is 2.30. The summed E-state index contributed by atoms with van der Waals surface area (Å²) < 4.78 is 0. The number of hydrogen-bond acceptors (Lipinski definition) is 1. The molecule has 1 unspecified atom stereocenters. The third-order valence-corrected chi connectivity index (χ3v) is 3.44. The maximum absolute atomic E-state index is 10.7. The maximum atomic E-state index is 10.7. The van der Waals surface area contributed by atoms with Crippen LogP contribution in [0.15, 0.2) is 6.07 Å². The van der Waals surface area contributed by atoms with Crippen LogP contribution in [0.1, 0.15) is 43.1 Å². The molecular formula is C13H19NO2. The Morgan fingerprint density at radius 1 is 1.50 bits per heavy atom. The summed E-state index contributed by atoms with van der Waals surface area (Å²) in [5.74, 6) is -0.948. The molecule has 88 valence electrons. The first-order valence-electron chi connectivity index (χ1n) is 6.09. The number of aryl methyl sites for hydroxylation is 3. The van der Waals surface area contributed by atoms with Gasteiger partial charge >= 0.3 is 5.97 Å². The average Bonchev–Trinajstić information content (AvgIpc) is 2.68.